The van der Waals surface area contributed by atoms with E-state index in [9.17, 15) is 4.39 Å². The van der Waals surface area contributed by atoms with Gasteiger partial charge in [-0.2, -0.15) is 0 Å². The van der Waals surface area contributed by atoms with Gasteiger partial charge in [0, 0.05) is 0 Å². The minimum atomic E-state index is -0.334. The van der Waals surface area contributed by atoms with Crippen molar-refractivity contribution in [3.63, 3.8) is 0 Å². The second-order valence-corrected chi connectivity index (χ2v) is 3.35. The van der Waals surface area contributed by atoms with Gasteiger partial charge in [-0.05, 0) is 24.3 Å². The number of benzene rings is 2. The van der Waals surface area contributed by atoms with E-state index >= 15 is 0 Å². The molecule has 0 N–H and O–H groups in total. The van der Waals surface area contributed by atoms with Gasteiger partial charge in [-0.15, -0.1) is 0 Å². The van der Waals surface area contributed by atoms with Gasteiger partial charge in [0.1, 0.15) is 13.6 Å². The average Bonchev–Trinajstić information content (AvgIpc) is 2.24. The minimum Gasteiger partial charge on any atom is -0.454 e. The van der Waals surface area contributed by atoms with Crippen molar-refractivity contribution < 1.29 is 9.13 Å². The summed E-state index contributed by atoms with van der Waals surface area (Å²) in [6, 6.07) is 14.1. The molecule has 0 atom stereocenters. The molecule has 0 unspecified atom stereocenters. The van der Waals surface area contributed by atoms with Crippen molar-refractivity contribution in [2.45, 2.75) is 0 Å². The van der Waals surface area contributed by atoms with Crippen LogP contribution in [0.3, 0.4) is 0 Å². The Labute approximate surface area is 88.9 Å². The minimum absolute atomic E-state index is 0.256. The van der Waals surface area contributed by atoms with Gasteiger partial charge in [0.25, 0.3) is 0 Å². The maximum atomic E-state index is 13.4. The Morgan fingerprint density at radius 2 is 1.73 bits per heavy atom. The van der Waals surface area contributed by atoms with E-state index in [2.05, 4.69) is 0 Å². The van der Waals surface area contributed by atoms with Crippen molar-refractivity contribution in [3.8, 4) is 11.5 Å². The molecule has 0 aliphatic rings. The third-order valence-electron chi connectivity index (χ3n) is 2.06. The van der Waals surface area contributed by atoms with E-state index in [-0.39, 0.29) is 11.6 Å². The maximum absolute atomic E-state index is 13.4. The highest BCUT2D eigenvalue weighted by Crippen LogP contribution is 2.22. The smallest absolute Gasteiger partial charge is 0.165 e. The van der Waals surface area contributed by atoms with E-state index < -0.39 is 0 Å². The van der Waals surface area contributed by atoms with E-state index in [1.54, 1.807) is 18.2 Å². The van der Waals surface area contributed by atoms with Crippen LogP contribution in [0.1, 0.15) is 0 Å². The Balaban J connectivity index is 2.25. The van der Waals surface area contributed by atoms with E-state index in [4.69, 9.17) is 4.74 Å². The molecule has 2 rings (SSSR count). The first kappa shape index (κ1) is 9.78. The van der Waals surface area contributed by atoms with Crippen molar-refractivity contribution in [3.05, 3.63) is 54.3 Å². The fourth-order valence-corrected chi connectivity index (χ4v) is 1.30. The van der Waals surface area contributed by atoms with Gasteiger partial charge >= 0.3 is 0 Å². The second kappa shape index (κ2) is 4.17. The largest absolute Gasteiger partial charge is 0.454 e. The molecule has 0 fully saturated rings. The van der Waals surface area contributed by atoms with Crippen LogP contribution in [0.15, 0.2) is 48.5 Å². The lowest BCUT2D eigenvalue weighted by Crippen LogP contribution is -2.02. The first-order chi connectivity index (χ1) is 7.25. The number of ether oxygens (including phenoxy) is 1. The van der Waals surface area contributed by atoms with E-state index in [1.165, 1.54) is 6.07 Å². The Hall–Kier alpha value is -1.77. The Kier molecular flexibility index (Phi) is 2.72. The summed E-state index contributed by atoms with van der Waals surface area (Å²) in [5.74, 6) is 0.561. The summed E-state index contributed by atoms with van der Waals surface area (Å²) in [6.45, 7) is 0. The van der Waals surface area contributed by atoms with Crippen LogP contribution < -0.4 is 10.2 Å². The van der Waals surface area contributed by atoms with Crippen LogP contribution >= 0.6 is 0 Å². The molecule has 3 heteroatoms. The summed E-state index contributed by atoms with van der Waals surface area (Å²) in [4.78, 5) is 0. The molecular formula is C12H10BFO. The SMILES string of the molecule is Bc1ccc(Oc2ccccc2)c(F)c1. The predicted octanol–water partition coefficient (Wildman–Crippen LogP) is 1.88. The molecule has 0 bridgehead atoms. The second-order valence-electron chi connectivity index (χ2n) is 3.35. The molecule has 2 aromatic carbocycles. The fourth-order valence-electron chi connectivity index (χ4n) is 1.30. The van der Waals surface area contributed by atoms with Crippen molar-refractivity contribution in [2.75, 3.05) is 0 Å². The predicted molar refractivity (Wildman–Crippen MR) is 61.1 cm³/mol. The third-order valence-corrected chi connectivity index (χ3v) is 2.06. The van der Waals surface area contributed by atoms with Crippen LogP contribution in [0, 0.1) is 5.82 Å². The summed E-state index contributed by atoms with van der Waals surface area (Å²) in [7, 11) is 1.84. The number of hydrogen-bond acceptors (Lipinski definition) is 1. The van der Waals surface area contributed by atoms with Crippen molar-refractivity contribution in [1.29, 1.82) is 0 Å². The molecule has 0 aliphatic heterocycles. The number of rotatable bonds is 2. The first-order valence-electron chi connectivity index (χ1n) is 4.75. The summed E-state index contributed by atoms with van der Waals surface area (Å²) in [6.07, 6.45) is 0. The number of para-hydroxylation sites is 1. The van der Waals surface area contributed by atoms with Gasteiger partial charge < -0.3 is 4.74 Å². The molecule has 0 aliphatic carbocycles. The van der Waals surface area contributed by atoms with Gasteiger partial charge in [-0.3, -0.25) is 0 Å². The molecular weight excluding hydrogens is 190 g/mol. The van der Waals surface area contributed by atoms with Crippen LogP contribution in [-0.4, -0.2) is 7.85 Å². The highest BCUT2D eigenvalue weighted by atomic mass is 19.1. The van der Waals surface area contributed by atoms with E-state index in [0.717, 1.165) is 5.46 Å². The van der Waals surface area contributed by atoms with Gasteiger partial charge in [0.05, 0.1) is 0 Å². The quantitative estimate of drug-likeness (QED) is 0.672. The lowest BCUT2D eigenvalue weighted by Gasteiger charge is -2.06. The fraction of sp³-hybridized carbons (Fsp3) is 0. The monoisotopic (exact) mass is 200 g/mol. The highest BCUT2D eigenvalue weighted by molar-refractivity contribution is 6.32. The normalized spacial score (nSPS) is 9.93. The summed E-state index contributed by atoms with van der Waals surface area (Å²) < 4.78 is 18.8. The van der Waals surface area contributed by atoms with Crippen molar-refractivity contribution in [2.24, 2.45) is 0 Å². The van der Waals surface area contributed by atoms with Crippen LogP contribution in [0.5, 0.6) is 11.5 Å². The zero-order valence-corrected chi connectivity index (χ0v) is 8.41. The topological polar surface area (TPSA) is 9.23 Å². The molecule has 0 aromatic heterocycles. The lowest BCUT2D eigenvalue weighted by molar-refractivity contribution is 0.443. The Morgan fingerprint density at radius 3 is 2.40 bits per heavy atom. The van der Waals surface area contributed by atoms with E-state index in [1.807, 2.05) is 32.1 Å². The zero-order valence-electron chi connectivity index (χ0n) is 8.41. The highest BCUT2D eigenvalue weighted by Gasteiger charge is 2.03. The lowest BCUT2D eigenvalue weighted by atomic mass is 9.96. The van der Waals surface area contributed by atoms with Crippen LogP contribution in [-0.2, 0) is 0 Å². The zero-order chi connectivity index (χ0) is 10.7. The van der Waals surface area contributed by atoms with Crippen LogP contribution in [0.4, 0.5) is 4.39 Å². The molecule has 74 valence electrons. The molecule has 0 radical (unpaired) electrons. The maximum Gasteiger partial charge on any atom is 0.165 e. The number of hydrogen-bond donors (Lipinski definition) is 0. The first-order valence-corrected chi connectivity index (χ1v) is 4.75. The van der Waals surface area contributed by atoms with Crippen molar-refractivity contribution >= 4 is 13.3 Å². The van der Waals surface area contributed by atoms with Gasteiger partial charge in [-0.1, -0.05) is 29.7 Å². The van der Waals surface area contributed by atoms with Gasteiger partial charge in [0.2, 0.25) is 0 Å². The molecule has 2 aromatic rings. The Bertz CT molecular complexity index is 456. The molecule has 15 heavy (non-hydrogen) atoms. The van der Waals surface area contributed by atoms with E-state index in [0.29, 0.717) is 5.75 Å². The molecule has 1 nitrogen and oxygen atoms in total. The molecule has 0 saturated heterocycles. The van der Waals surface area contributed by atoms with Crippen LogP contribution in [0.2, 0.25) is 0 Å². The average molecular weight is 200 g/mol. The molecule has 0 heterocycles. The van der Waals surface area contributed by atoms with Crippen LogP contribution in [0.25, 0.3) is 0 Å². The molecule has 0 saturated carbocycles. The van der Waals surface area contributed by atoms with Crippen molar-refractivity contribution in [1.82, 2.24) is 0 Å². The van der Waals surface area contributed by atoms with Gasteiger partial charge in [0.15, 0.2) is 11.6 Å². The number of halogens is 1. The molecule has 0 amide bonds. The Morgan fingerprint density at radius 1 is 1.00 bits per heavy atom. The van der Waals surface area contributed by atoms with Gasteiger partial charge in [-0.25, -0.2) is 4.39 Å². The summed E-state index contributed by atoms with van der Waals surface area (Å²) in [5.41, 5.74) is 0.882. The third kappa shape index (κ3) is 2.37. The summed E-state index contributed by atoms with van der Waals surface area (Å²) in [5, 5.41) is 0. The molecule has 0 spiro atoms. The standard InChI is InChI=1S/C12H10BFO/c13-9-6-7-12(11(14)8-9)15-10-4-2-1-3-5-10/h1-8H,13H2. The summed E-state index contributed by atoms with van der Waals surface area (Å²) >= 11 is 0.